The number of anilines is 1. The molecule has 0 saturated carbocycles. The van der Waals surface area contributed by atoms with Crippen LogP contribution in [0.2, 0.25) is 0 Å². The second kappa shape index (κ2) is 12.1. The molecule has 1 saturated heterocycles. The summed E-state index contributed by atoms with van der Waals surface area (Å²) in [5, 5.41) is 13.6. The van der Waals surface area contributed by atoms with E-state index < -0.39 is 78.8 Å². The van der Waals surface area contributed by atoms with Crippen LogP contribution < -0.4 is 21.0 Å². The number of carbonyl (C=O) groups excluding carboxylic acids is 1. The summed E-state index contributed by atoms with van der Waals surface area (Å²) in [5.74, 6) is -2.45. The van der Waals surface area contributed by atoms with Gasteiger partial charge >= 0.3 is 19.4 Å². The number of alkyl halides is 2. The maximum atomic E-state index is 14.3. The molecule has 12 nitrogen and oxygen atoms in total. The van der Waals surface area contributed by atoms with Gasteiger partial charge in [-0.05, 0) is 46.8 Å². The number of aliphatic hydroxyl groups is 1. The van der Waals surface area contributed by atoms with Crippen LogP contribution in [0.5, 0.6) is 5.75 Å². The Labute approximate surface area is 234 Å². The Morgan fingerprint density at radius 3 is 2.55 bits per heavy atom. The highest BCUT2D eigenvalue weighted by atomic mass is 35.5. The molecule has 4 N–H and O–H groups in total. The molecule has 1 fully saturated rings. The molecule has 1 aromatic carbocycles. The van der Waals surface area contributed by atoms with Crippen LogP contribution in [0.25, 0.3) is 0 Å². The van der Waals surface area contributed by atoms with Gasteiger partial charge in [0.2, 0.25) is 0 Å². The zero-order chi connectivity index (χ0) is 30.0. The number of nitrogens with zero attached hydrogens (tertiary/aromatic N) is 2. The predicted octanol–water partition coefficient (Wildman–Crippen LogP) is 3.08. The third kappa shape index (κ3) is 6.81. The maximum absolute atomic E-state index is 14.3. The summed E-state index contributed by atoms with van der Waals surface area (Å²) in [4.78, 5) is 25.9. The number of aliphatic hydroxyl groups excluding tert-OH is 1. The normalized spacial score (nSPS) is 25.4. The number of nitrogen functional groups attached to an aromatic ring is 1. The molecule has 0 aliphatic carbocycles. The van der Waals surface area contributed by atoms with Gasteiger partial charge in [0.05, 0.1) is 12.3 Å². The molecule has 40 heavy (non-hydrogen) atoms. The molecule has 16 heteroatoms. The van der Waals surface area contributed by atoms with Gasteiger partial charge in [0, 0.05) is 0 Å². The Hall–Kier alpha value is -2.61. The quantitative estimate of drug-likeness (QED) is 0.195. The lowest BCUT2D eigenvalue weighted by atomic mass is 9.91. The fourth-order valence-corrected chi connectivity index (χ4v) is 6.13. The maximum Gasteiger partial charge on any atom is 0.460 e. The molecule has 0 amide bonds. The van der Waals surface area contributed by atoms with Crippen molar-refractivity contribution in [2.24, 2.45) is 0 Å². The van der Waals surface area contributed by atoms with Crippen LogP contribution in [0.15, 0.2) is 41.3 Å². The zero-order valence-corrected chi connectivity index (χ0v) is 24.1. The highest BCUT2D eigenvalue weighted by Gasteiger charge is 2.62. The molecule has 1 aliphatic heterocycles. The lowest BCUT2D eigenvalue weighted by Crippen LogP contribution is -2.51. The van der Waals surface area contributed by atoms with Crippen LogP contribution in [0.1, 0.15) is 40.8 Å². The first kappa shape index (κ1) is 31.9. The number of nitrogens with two attached hydrogens (primary N) is 1. The van der Waals surface area contributed by atoms with Crippen molar-refractivity contribution in [2.75, 3.05) is 12.4 Å². The summed E-state index contributed by atoms with van der Waals surface area (Å²) < 4.78 is 65.5. The van der Waals surface area contributed by atoms with E-state index in [0.717, 1.165) is 0 Å². The Morgan fingerprint density at radius 1 is 1.35 bits per heavy atom. The second-order valence-electron chi connectivity index (χ2n) is 10.0. The minimum Gasteiger partial charge on any atom is -0.462 e. The van der Waals surface area contributed by atoms with E-state index in [4.69, 9.17) is 35.9 Å². The number of carbonyl (C=O) groups is 1. The Kier molecular flexibility index (Phi) is 9.65. The van der Waals surface area contributed by atoms with Crippen molar-refractivity contribution in [3.05, 3.63) is 52.8 Å². The number of hydrogen-bond acceptors (Lipinski definition) is 10. The number of hydrogen-bond donors (Lipinski definition) is 3. The van der Waals surface area contributed by atoms with Gasteiger partial charge in [-0.1, -0.05) is 18.2 Å². The van der Waals surface area contributed by atoms with E-state index in [-0.39, 0.29) is 5.75 Å². The van der Waals surface area contributed by atoms with Crippen molar-refractivity contribution >= 4 is 31.1 Å². The molecule has 1 aliphatic rings. The van der Waals surface area contributed by atoms with Crippen LogP contribution in [-0.4, -0.2) is 62.1 Å². The van der Waals surface area contributed by atoms with Crippen LogP contribution in [0, 0.1) is 5.82 Å². The van der Waals surface area contributed by atoms with Crippen molar-refractivity contribution in [3.8, 4) is 5.75 Å². The van der Waals surface area contributed by atoms with E-state index in [9.17, 15) is 28.0 Å². The Morgan fingerprint density at radius 2 is 1.98 bits per heavy atom. The van der Waals surface area contributed by atoms with Crippen molar-refractivity contribution in [3.63, 3.8) is 0 Å². The van der Waals surface area contributed by atoms with Gasteiger partial charge in [-0.2, -0.15) is 10.1 Å². The highest BCUT2D eigenvalue weighted by molar-refractivity contribution is 7.52. The van der Waals surface area contributed by atoms with Crippen molar-refractivity contribution in [1.82, 2.24) is 14.6 Å². The van der Waals surface area contributed by atoms with E-state index in [0.29, 0.717) is 10.8 Å². The lowest BCUT2D eigenvalue weighted by Gasteiger charge is -2.36. The van der Waals surface area contributed by atoms with Gasteiger partial charge in [0.1, 0.15) is 41.1 Å². The fraction of sp³-hybridized carbons (Fsp3) is 0.542. The first-order valence-electron chi connectivity index (χ1n) is 12.2. The number of rotatable bonds is 11. The summed E-state index contributed by atoms with van der Waals surface area (Å²) in [7, 11) is -4.50. The predicted molar refractivity (Wildman–Crippen MR) is 141 cm³/mol. The fourth-order valence-electron chi connectivity index (χ4n) is 4.01. The third-order valence-electron chi connectivity index (χ3n) is 5.92. The van der Waals surface area contributed by atoms with Gasteiger partial charge in [0.25, 0.3) is 0 Å². The van der Waals surface area contributed by atoms with Gasteiger partial charge < -0.3 is 24.8 Å². The molecule has 0 spiro atoms. The molecule has 1 aromatic heterocycles. The van der Waals surface area contributed by atoms with Gasteiger partial charge in [0.15, 0.2) is 17.9 Å². The number of aromatic nitrogens is 2. The van der Waals surface area contributed by atoms with Crippen LogP contribution in [0.3, 0.4) is 0 Å². The molecule has 2 aromatic rings. The number of esters is 1. The zero-order valence-electron chi connectivity index (χ0n) is 22.4. The van der Waals surface area contributed by atoms with E-state index in [2.05, 4.69) is 10.1 Å². The number of benzene rings is 1. The van der Waals surface area contributed by atoms with Crippen molar-refractivity contribution < 1.29 is 41.8 Å². The SMILES string of the molecule is CC(C)OC(=O)[C@H](C)NP(=O)(Oc1ccccc1)OC(C)(C)[C@H]1O[C@@H](n2cc(F)c(N)nc2=O)[C@@](Cl)(CF)C1O. The smallest absolute Gasteiger partial charge is 0.460 e. The average Bonchev–Trinajstić information content (AvgIpc) is 3.12. The molecule has 6 atom stereocenters. The minimum atomic E-state index is -4.50. The van der Waals surface area contributed by atoms with E-state index in [1.54, 1.807) is 32.0 Å². The Bertz CT molecular complexity index is 1320. The molecule has 0 radical (unpaired) electrons. The molecule has 0 bridgehead atoms. The number of nitrogens with one attached hydrogen (secondary N) is 1. The van der Waals surface area contributed by atoms with E-state index in [1.807, 2.05) is 0 Å². The largest absolute Gasteiger partial charge is 0.462 e. The van der Waals surface area contributed by atoms with Crippen LogP contribution in [-0.2, 0) is 23.4 Å². The number of halogens is 3. The van der Waals surface area contributed by atoms with Crippen LogP contribution >= 0.6 is 19.3 Å². The Balaban J connectivity index is 1.97. The monoisotopic (exact) mass is 608 g/mol. The molecule has 3 rings (SSSR count). The van der Waals surface area contributed by atoms with Crippen molar-refractivity contribution in [2.45, 2.75) is 75.7 Å². The molecule has 2 unspecified atom stereocenters. The summed E-state index contributed by atoms with van der Waals surface area (Å²) in [5.41, 5.74) is 2.41. The molecular formula is C24H32ClF2N4O8P. The number of ether oxygens (including phenoxy) is 2. The first-order chi connectivity index (χ1) is 18.5. The topological polar surface area (TPSA) is 164 Å². The van der Waals surface area contributed by atoms with E-state index >= 15 is 0 Å². The third-order valence-corrected chi connectivity index (χ3v) is 8.30. The standard InChI is InChI=1S/C24H32ClF2N4O8P/c1-13(2)36-20(33)14(3)30-40(35,38-15-9-7-6-8-10-15)39-23(4,5)18-17(32)24(25,12-26)21(37-18)31-11-16(27)19(28)29-22(31)34/h6-11,13-14,17-18,21,32H,12H2,1-5H3,(H,30,35)(H2,28,29,34)/t14-,17?,18-,21+,24+,40?/m0/s1. The molecule has 222 valence electrons. The van der Waals surface area contributed by atoms with E-state index in [1.165, 1.54) is 32.9 Å². The van der Waals surface area contributed by atoms with Gasteiger partial charge in [-0.3, -0.25) is 13.9 Å². The second-order valence-corrected chi connectivity index (χ2v) is 12.3. The molecule has 2 heterocycles. The van der Waals surface area contributed by atoms with Gasteiger partial charge in [-0.25, -0.2) is 18.1 Å². The summed E-state index contributed by atoms with van der Waals surface area (Å²) >= 11 is 6.42. The van der Waals surface area contributed by atoms with Crippen molar-refractivity contribution in [1.29, 1.82) is 0 Å². The lowest BCUT2D eigenvalue weighted by molar-refractivity contribution is -0.149. The highest BCUT2D eigenvalue weighted by Crippen LogP contribution is 2.53. The average molecular weight is 609 g/mol. The minimum absolute atomic E-state index is 0.106. The first-order valence-corrected chi connectivity index (χ1v) is 14.1. The van der Waals surface area contributed by atoms with Crippen LogP contribution in [0.4, 0.5) is 14.6 Å². The summed E-state index contributed by atoms with van der Waals surface area (Å²) in [6.07, 6.45) is -5.07. The summed E-state index contributed by atoms with van der Waals surface area (Å²) in [6, 6.07) is 6.69. The van der Waals surface area contributed by atoms with Gasteiger partial charge in [-0.15, -0.1) is 11.6 Å². The molecular weight excluding hydrogens is 577 g/mol. The number of para-hydroxylation sites is 1. The summed E-state index contributed by atoms with van der Waals surface area (Å²) in [6.45, 7) is 5.89.